The molecule has 0 radical (unpaired) electrons. The minimum absolute atomic E-state index is 0.0190. The number of carbonyl (C=O) groups is 2. The highest BCUT2D eigenvalue weighted by atomic mass is 32.2. The minimum atomic E-state index is -3.55. The average Bonchev–Trinajstić information content (AvgIpc) is 2.59. The highest BCUT2D eigenvalue weighted by molar-refractivity contribution is 7.89. The van der Waals surface area contributed by atoms with Gasteiger partial charge in [0, 0.05) is 20.1 Å². The fraction of sp³-hybridized carbons (Fsp3) is 0.579. The first-order valence-electron chi connectivity index (χ1n) is 9.03. The van der Waals surface area contributed by atoms with E-state index >= 15 is 0 Å². The maximum absolute atomic E-state index is 12.0. The second kappa shape index (κ2) is 10.4. The van der Waals surface area contributed by atoms with Crippen LogP contribution in [0.15, 0.2) is 29.2 Å². The summed E-state index contributed by atoms with van der Waals surface area (Å²) in [5.74, 6) is -0.397. The van der Waals surface area contributed by atoms with Gasteiger partial charge in [-0.25, -0.2) is 17.5 Å². The summed E-state index contributed by atoms with van der Waals surface area (Å²) in [7, 11) is -0.694. The lowest BCUT2D eigenvalue weighted by Crippen LogP contribution is -2.35. The maximum Gasteiger partial charge on any atom is 0.338 e. The molecular formula is C19H30N2O5S. The summed E-state index contributed by atoms with van der Waals surface area (Å²) in [6, 6.07) is 5.42. The predicted octanol–water partition coefficient (Wildman–Crippen LogP) is 2.42. The molecule has 8 heteroatoms. The molecular weight excluding hydrogens is 368 g/mol. The van der Waals surface area contributed by atoms with Crippen LogP contribution in [0.3, 0.4) is 0 Å². The Morgan fingerprint density at radius 2 is 1.67 bits per heavy atom. The van der Waals surface area contributed by atoms with E-state index in [0.717, 1.165) is 23.6 Å². The Balaban J connectivity index is 2.49. The van der Waals surface area contributed by atoms with E-state index in [1.165, 1.54) is 38.4 Å². The van der Waals surface area contributed by atoms with Crippen molar-refractivity contribution in [3.05, 3.63) is 29.8 Å². The van der Waals surface area contributed by atoms with Crippen LogP contribution in [0.2, 0.25) is 0 Å². The summed E-state index contributed by atoms with van der Waals surface area (Å²) in [6.07, 6.45) is 3.01. The molecule has 0 bridgehead atoms. The van der Waals surface area contributed by atoms with Gasteiger partial charge in [-0.15, -0.1) is 0 Å². The second-order valence-electron chi connectivity index (χ2n) is 7.18. The van der Waals surface area contributed by atoms with Gasteiger partial charge in [0.15, 0.2) is 6.61 Å². The van der Waals surface area contributed by atoms with Crippen molar-refractivity contribution in [1.82, 2.24) is 9.62 Å². The maximum atomic E-state index is 12.0. The van der Waals surface area contributed by atoms with E-state index in [9.17, 15) is 18.0 Å². The molecule has 1 amide bonds. The third kappa shape index (κ3) is 7.68. The Morgan fingerprint density at radius 3 is 2.19 bits per heavy atom. The van der Waals surface area contributed by atoms with E-state index in [4.69, 9.17) is 4.74 Å². The van der Waals surface area contributed by atoms with Gasteiger partial charge >= 0.3 is 5.97 Å². The highest BCUT2D eigenvalue weighted by Crippen LogP contribution is 2.14. The van der Waals surface area contributed by atoms with Crippen molar-refractivity contribution >= 4 is 21.9 Å². The molecule has 0 aliphatic heterocycles. The quantitative estimate of drug-likeness (QED) is 0.611. The second-order valence-corrected chi connectivity index (χ2v) is 9.33. The number of rotatable bonds is 10. The number of benzene rings is 1. The molecule has 0 fully saturated rings. The van der Waals surface area contributed by atoms with Crippen molar-refractivity contribution in [2.24, 2.45) is 5.92 Å². The van der Waals surface area contributed by atoms with Crippen LogP contribution >= 0.6 is 0 Å². The van der Waals surface area contributed by atoms with Gasteiger partial charge in [-0.3, -0.25) is 4.79 Å². The molecule has 1 rings (SSSR count). The molecule has 0 aliphatic carbocycles. The molecule has 1 aromatic rings. The third-order valence-electron chi connectivity index (χ3n) is 4.03. The van der Waals surface area contributed by atoms with E-state index in [1.807, 2.05) is 6.92 Å². The Hall–Kier alpha value is -1.93. The molecule has 152 valence electrons. The monoisotopic (exact) mass is 398 g/mol. The zero-order chi connectivity index (χ0) is 20.6. The summed E-state index contributed by atoms with van der Waals surface area (Å²) in [6.45, 7) is 5.87. The lowest BCUT2D eigenvalue weighted by molar-refractivity contribution is -0.124. The molecule has 27 heavy (non-hydrogen) atoms. The van der Waals surface area contributed by atoms with E-state index < -0.39 is 16.0 Å². The highest BCUT2D eigenvalue weighted by Gasteiger charge is 2.18. The van der Waals surface area contributed by atoms with Gasteiger partial charge < -0.3 is 10.1 Å². The molecule has 0 saturated carbocycles. The van der Waals surface area contributed by atoms with Crippen molar-refractivity contribution in [2.45, 2.75) is 51.0 Å². The number of nitrogens with zero attached hydrogens (tertiary/aromatic N) is 1. The fourth-order valence-corrected chi connectivity index (χ4v) is 3.31. The number of hydrogen-bond donors (Lipinski definition) is 1. The summed E-state index contributed by atoms with van der Waals surface area (Å²) in [4.78, 5) is 24.0. The van der Waals surface area contributed by atoms with Crippen LogP contribution in [-0.2, 0) is 19.6 Å². The van der Waals surface area contributed by atoms with Crippen molar-refractivity contribution < 1.29 is 22.7 Å². The van der Waals surface area contributed by atoms with E-state index in [0.29, 0.717) is 5.92 Å². The van der Waals surface area contributed by atoms with Crippen LogP contribution in [-0.4, -0.2) is 51.3 Å². The van der Waals surface area contributed by atoms with Gasteiger partial charge in [-0.2, -0.15) is 0 Å². The average molecular weight is 399 g/mol. The van der Waals surface area contributed by atoms with Gasteiger partial charge in [0.2, 0.25) is 10.0 Å². The number of esters is 1. The Labute approximate surface area is 162 Å². The topological polar surface area (TPSA) is 92.8 Å². The van der Waals surface area contributed by atoms with Crippen LogP contribution in [0, 0.1) is 5.92 Å². The van der Waals surface area contributed by atoms with Crippen LogP contribution in [0.1, 0.15) is 50.4 Å². The van der Waals surface area contributed by atoms with Gasteiger partial charge in [0.1, 0.15) is 0 Å². The Morgan fingerprint density at radius 1 is 1.07 bits per heavy atom. The fourth-order valence-electron chi connectivity index (χ4n) is 2.41. The predicted molar refractivity (Wildman–Crippen MR) is 104 cm³/mol. The lowest BCUT2D eigenvalue weighted by atomic mass is 10.0. The zero-order valence-corrected chi connectivity index (χ0v) is 17.5. The molecule has 0 spiro atoms. The SMILES string of the molecule is CC(C)CCC[C@@H](C)NC(=O)COC(=O)c1ccc(S(=O)(=O)N(C)C)cc1. The van der Waals surface area contributed by atoms with Crippen LogP contribution in [0.25, 0.3) is 0 Å². The summed E-state index contributed by atoms with van der Waals surface area (Å²) >= 11 is 0. The number of ether oxygens (including phenoxy) is 1. The summed E-state index contributed by atoms with van der Waals surface area (Å²) in [5, 5.41) is 2.80. The smallest absolute Gasteiger partial charge is 0.338 e. The van der Waals surface area contributed by atoms with Gasteiger partial charge in [-0.05, 0) is 43.5 Å². The van der Waals surface area contributed by atoms with Gasteiger partial charge in [0.25, 0.3) is 5.91 Å². The molecule has 0 aromatic heterocycles. The zero-order valence-electron chi connectivity index (χ0n) is 16.7. The van der Waals surface area contributed by atoms with Crippen LogP contribution in [0.4, 0.5) is 0 Å². The normalized spacial score (nSPS) is 12.9. The summed E-state index contributed by atoms with van der Waals surface area (Å²) in [5.41, 5.74) is 0.186. The van der Waals surface area contributed by atoms with Crippen molar-refractivity contribution in [1.29, 1.82) is 0 Å². The molecule has 0 saturated heterocycles. The number of amides is 1. The first-order valence-corrected chi connectivity index (χ1v) is 10.5. The van der Waals surface area contributed by atoms with Crippen molar-refractivity contribution in [2.75, 3.05) is 20.7 Å². The number of nitrogens with one attached hydrogen (secondary N) is 1. The first kappa shape index (κ1) is 23.1. The largest absolute Gasteiger partial charge is 0.452 e. The number of hydrogen-bond acceptors (Lipinski definition) is 5. The van der Waals surface area contributed by atoms with Crippen molar-refractivity contribution in [3.8, 4) is 0 Å². The first-order chi connectivity index (χ1) is 12.5. The number of sulfonamides is 1. The molecule has 7 nitrogen and oxygen atoms in total. The van der Waals surface area contributed by atoms with E-state index in [2.05, 4.69) is 19.2 Å². The standard InChI is InChI=1S/C19H30N2O5S/c1-14(2)7-6-8-15(3)20-18(22)13-26-19(23)16-9-11-17(12-10-16)27(24,25)21(4)5/h9-12,14-15H,6-8,13H2,1-5H3,(H,20,22)/t15-/m1/s1. The molecule has 0 heterocycles. The van der Waals surface area contributed by atoms with E-state index in [1.54, 1.807) is 0 Å². The molecule has 0 aliphatic rings. The molecule has 0 unspecified atom stereocenters. The van der Waals surface area contributed by atoms with Crippen LogP contribution < -0.4 is 5.32 Å². The molecule has 1 N–H and O–H groups in total. The van der Waals surface area contributed by atoms with Gasteiger partial charge in [-0.1, -0.05) is 26.7 Å². The number of carbonyl (C=O) groups excluding carboxylic acids is 2. The minimum Gasteiger partial charge on any atom is -0.452 e. The Kier molecular flexibility index (Phi) is 8.92. The lowest BCUT2D eigenvalue weighted by Gasteiger charge is -2.14. The van der Waals surface area contributed by atoms with Crippen LogP contribution in [0.5, 0.6) is 0 Å². The Bertz CT molecular complexity index is 727. The summed E-state index contributed by atoms with van der Waals surface area (Å²) < 4.78 is 30.1. The third-order valence-corrected chi connectivity index (χ3v) is 5.86. The van der Waals surface area contributed by atoms with E-state index in [-0.39, 0.29) is 29.0 Å². The van der Waals surface area contributed by atoms with Crippen molar-refractivity contribution in [3.63, 3.8) is 0 Å². The molecule has 1 aromatic carbocycles. The van der Waals surface area contributed by atoms with Gasteiger partial charge in [0.05, 0.1) is 10.5 Å². The molecule has 1 atom stereocenters.